The van der Waals surface area contributed by atoms with Gasteiger partial charge in [-0.15, -0.1) is 0 Å². The van der Waals surface area contributed by atoms with Gasteiger partial charge in [0.2, 0.25) is 5.91 Å². The molecule has 1 aliphatic heterocycles. The van der Waals surface area contributed by atoms with Crippen LogP contribution in [0.25, 0.3) is 0 Å². The molecule has 0 saturated carbocycles. The Morgan fingerprint density at radius 3 is 2.88 bits per heavy atom. The summed E-state index contributed by atoms with van der Waals surface area (Å²) >= 11 is 0. The van der Waals surface area contributed by atoms with E-state index in [-0.39, 0.29) is 11.9 Å². The van der Waals surface area contributed by atoms with Crippen LogP contribution >= 0.6 is 0 Å². The van der Waals surface area contributed by atoms with Crippen molar-refractivity contribution in [3.8, 4) is 5.75 Å². The lowest BCUT2D eigenvalue weighted by atomic mass is 10.0. The van der Waals surface area contributed by atoms with E-state index < -0.39 is 0 Å². The topological polar surface area (TPSA) is 41.6 Å². The van der Waals surface area contributed by atoms with E-state index in [2.05, 4.69) is 5.32 Å². The fourth-order valence-corrected chi connectivity index (χ4v) is 2.14. The van der Waals surface area contributed by atoms with Crippen molar-refractivity contribution < 1.29 is 9.53 Å². The fourth-order valence-electron chi connectivity index (χ4n) is 2.14. The second-order valence-corrected chi connectivity index (χ2v) is 4.38. The first-order valence-electron chi connectivity index (χ1n) is 5.76. The molecule has 4 heteroatoms. The summed E-state index contributed by atoms with van der Waals surface area (Å²) in [6, 6.07) is 5.64. The Balaban J connectivity index is 2.27. The van der Waals surface area contributed by atoms with Gasteiger partial charge in [0.15, 0.2) is 0 Å². The average molecular weight is 234 g/mol. The molecular formula is C13H18N2O2. The first kappa shape index (κ1) is 11.9. The zero-order chi connectivity index (χ0) is 12.4. The predicted octanol–water partition coefficient (Wildman–Crippen LogP) is 1.11. The summed E-state index contributed by atoms with van der Waals surface area (Å²) in [5.74, 6) is 0.978. The molecule has 1 atom stereocenters. The van der Waals surface area contributed by atoms with Crippen LogP contribution in [0.2, 0.25) is 0 Å². The second-order valence-electron chi connectivity index (χ2n) is 4.38. The smallest absolute Gasteiger partial charge is 0.244 e. The molecule has 1 heterocycles. The number of nitrogens with one attached hydrogen (secondary N) is 1. The van der Waals surface area contributed by atoms with E-state index in [1.165, 1.54) is 0 Å². The number of piperazine rings is 1. The van der Waals surface area contributed by atoms with Gasteiger partial charge in [0.1, 0.15) is 11.8 Å². The van der Waals surface area contributed by atoms with Crippen LogP contribution < -0.4 is 10.1 Å². The molecule has 1 aromatic rings. The lowest BCUT2D eigenvalue weighted by Gasteiger charge is -2.30. The van der Waals surface area contributed by atoms with Crippen LogP contribution in [0.3, 0.4) is 0 Å². The number of rotatable bonds is 2. The van der Waals surface area contributed by atoms with Gasteiger partial charge in [-0.25, -0.2) is 0 Å². The minimum atomic E-state index is -0.224. The predicted molar refractivity (Wildman–Crippen MR) is 66.1 cm³/mol. The Morgan fingerprint density at radius 1 is 1.47 bits per heavy atom. The maximum Gasteiger partial charge on any atom is 0.244 e. The molecule has 0 aromatic heterocycles. The summed E-state index contributed by atoms with van der Waals surface area (Å²) < 4.78 is 5.22. The van der Waals surface area contributed by atoms with Crippen molar-refractivity contribution in [3.63, 3.8) is 0 Å². The molecular weight excluding hydrogens is 216 g/mol. The van der Waals surface area contributed by atoms with Crippen molar-refractivity contribution in [2.45, 2.75) is 13.0 Å². The van der Waals surface area contributed by atoms with Crippen LogP contribution in [0.4, 0.5) is 0 Å². The Hall–Kier alpha value is -1.55. The highest BCUT2D eigenvalue weighted by Gasteiger charge is 2.27. The summed E-state index contributed by atoms with van der Waals surface area (Å²) in [6.07, 6.45) is 0. The number of hydrogen-bond donors (Lipinski definition) is 1. The summed E-state index contributed by atoms with van der Waals surface area (Å²) in [4.78, 5) is 13.8. The maximum atomic E-state index is 12.0. The number of methoxy groups -OCH3 is 1. The van der Waals surface area contributed by atoms with E-state index in [0.29, 0.717) is 0 Å². The zero-order valence-electron chi connectivity index (χ0n) is 10.5. The zero-order valence-corrected chi connectivity index (χ0v) is 10.5. The van der Waals surface area contributed by atoms with Gasteiger partial charge in [-0.3, -0.25) is 4.79 Å². The number of ether oxygens (including phenoxy) is 1. The molecule has 0 radical (unpaired) electrons. The molecule has 0 bridgehead atoms. The van der Waals surface area contributed by atoms with E-state index in [9.17, 15) is 4.79 Å². The van der Waals surface area contributed by atoms with Crippen LogP contribution in [-0.4, -0.2) is 38.1 Å². The monoisotopic (exact) mass is 234 g/mol. The van der Waals surface area contributed by atoms with Crippen LogP contribution in [0.5, 0.6) is 5.75 Å². The van der Waals surface area contributed by atoms with Crippen LogP contribution in [0, 0.1) is 6.92 Å². The number of nitrogens with zero attached hydrogens (tertiary/aromatic N) is 1. The fraction of sp³-hybridized carbons (Fsp3) is 0.462. The molecule has 4 nitrogen and oxygen atoms in total. The minimum absolute atomic E-state index is 0.126. The first-order valence-corrected chi connectivity index (χ1v) is 5.76. The van der Waals surface area contributed by atoms with Crippen molar-refractivity contribution in [1.82, 2.24) is 10.2 Å². The highest BCUT2D eigenvalue weighted by Crippen LogP contribution is 2.24. The largest absolute Gasteiger partial charge is 0.496 e. The highest BCUT2D eigenvalue weighted by molar-refractivity contribution is 5.84. The Bertz CT molecular complexity index is 431. The summed E-state index contributed by atoms with van der Waals surface area (Å²) in [6.45, 7) is 3.59. The Kier molecular flexibility index (Phi) is 3.33. The van der Waals surface area contributed by atoms with Gasteiger partial charge in [-0.2, -0.15) is 0 Å². The lowest BCUT2D eigenvalue weighted by Crippen LogP contribution is -2.48. The third-order valence-electron chi connectivity index (χ3n) is 3.17. The maximum absolute atomic E-state index is 12.0. The van der Waals surface area contributed by atoms with Crippen molar-refractivity contribution in [2.24, 2.45) is 0 Å². The first-order chi connectivity index (χ1) is 8.13. The summed E-state index contributed by atoms with van der Waals surface area (Å²) in [5.41, 5.74) is 2.05. The van der Waals surface area contributed by atoms with Gasteiger partial charge in [-0.1, -0.05) is 12.1 Å². The third kappa shape index (κ3) is 2.26. The summed E-state index contributed by atoms with van der Waals surface area (Å²) in [5, 5.41) is 3.25. The number of likely N-dealkylation sites (N-methyl/N-ethyl adjacent to an activating group) is 1. The van der Waals surface area contributed by atoms with Crippen molar-refractivity contribution in [2.75, 3.05) is 27.2 Å². The van der Waals surface area contributed by atoms with E-state index in [4.69, 9.17) is 4.74 Å². The van der Waals surface area contributed by atoms with E-state index in [1.807, 2.05) is 32.2 Å². The van der Waals surface area contributed by atoms with E-state index in [0.717, 1.165) is 30.0 Å². The van der Waals surface area contributed by atoms with Gasteiger partial charge in [0.25, 0.3) is 0 Å². The molecule has 1 N–H and O–H groups in total. The molecule has 2 rings (SSSR count). The molecule has 0 aliphatic carbocycles. The normalized spacial score (nSPS) is 20.5. The number of carbonyl (C=O) groups excluding carboxylic acids is 1. The van der Waals surface area contributed by atoms with Crippen molar-refractivity contribution in [1.29, 1.82) is 0 Å². The molecule has 1 fully saturated rings. The lowest BCUT2D eigenvalue weighted by molar-refractivity contribution is -0.134. The number of aryl methyl sites for hydroxylation is 1. The molecule has 1 unspecified atom stereocenters. The molecule has 1 saturated heterocycles. The molecule has 1 aromatic carbocycles. The van der Waals surface area contributed by atoms with Crippen LogP contribution in [0.1, 0.15) is 17.2 Å². The van der Waals surface area contributed by atoms with Gasteiger partial charge < -0.3 is 15.0 Å². The van der Waals surface area contributed by atoms with Crippen molar-refractivity contribution >= 4 is 5.91 Å². The quantitative estimate of drug-likeness (QED) is 0.833. The van der Waals surface area contributed by atoms with Gasteiger partial charge in [0, 0.05) is 20.1 Å². The average Bonchev–Trinajstić information content (AvgIpc) is 2.32. The van der Waals surface area contributed by atoms with Crippen LogP contribution in [-0.2, 0) is 4.79 Å². The van der Waals surface area contributed by atoms with Gasteiger partial charge >= 0.3 is 0 Å². The number of carbonyl (C=O) groups is 1. The number of hydrogen-bond acceptors (Lipinski definition) is 3. The summed E-state index contributed by atoms with van der Waals surface area (Å²) in [7, 11) is 3.49. The molecule has 0 spiro atoms. The standard InChI is InChI=1S/C13H18N2O2/c1-9-8-10(4-5-11(9)17-3)12-13(16)15(2)7-6-14-12/h4-5,8,12,14H,6-7H2,1-3H3. The number of benzene rings is 1. The van der Waals surface area contributed by atoms with E-state index in [1.54, 1.807) is 12.0 Å². The Labute approximate surface area is 102 Å². The number of amides is 1. The van der Waals surface area contributed by atoms with Gasteiger partial charge in [-0.05, 0) is 24.1 Å². The molecule has 92 valence electrons. The molecule has 1 amide bonds. The molecule has 17 heavy (non-hydrogen) atoms. The molecule has 1 aliphatic rings. The van der Waals surface area contributed by atoms with Crippen molar-refractivity contribution in [3.05, 3.63) is 29.3 Å². The highest BCUT2D eigenvalue weighted by atomic mass is 16.5. The second kappa shape index (κ2) is 4.75. The SMILES string of the molecule is COc1ccc(C2NCCN(C)C2=O)cc1C. The van der Waals surface area contributed by atoms with Crippen LogP contribution in [0.15, 0.2) is 18.2 Å². The minimum Gasteiger partial charge on any atom is -0.496 e. The third-order valence-corrected chi connectivity index (χ3v) is 3.17. The Morgan fingerprint density at radius 2 is 2.24 bits per heavy atom. The van der Waals surface area contributed by atoms with E-state index >= 15 is 0 Å². The van der Waals surface area contributed by atoms with Gasteiger partial charge in [0.05, 0.1) is 7.11 Å².